The Balaban J connectivity index is 1.20. The van der Waals surface area contributed by atoms with E-state index in [4.69, 9.17) is 14.2 Å². The van der Waals surface area contributed by atoms with Crippen LogP contribution in [0.3, 0.4) is 0 Å². The molecule has 2 aliphatic carbocycles. The fourth-order valence-electron chi connectivity index (χ4n) is 6.44. The summed E-state index contributed by atoms with van der Waals surface area (Å²) in [5.41, 5.74) is -0.348. The number of carbonyl (C=O) groups is 2. The van der Waals surface area contributed by atoms with E-state index in [1.54, 1.807) is 12.1 Å². The minimum absolute atomic E-state index is 0.0693. The number of fused-ring (bicyclic) bond motifs is 1. The van der Waals surface area contributed by atoms with Gasteiger partial charge in [0, 0.05) is 31.1 Å². The van der Waals surface area contributed by atoms with Crippen molar-refractivity contribution in [1.82, 2.24) is 10.2 Å². The Bertz CT molecular complexity index is 1110. The van der Waals surface area contributed by atoms with Gasteiger partial charge in [-0.1, -0.05) is 43.2 Å². The summed E-state index contributed by atoms with van der Waals surface area (Å²) in [6.07, 6.45) is 3.78. The van der Waals surface area contributed by atoms with Crippen molar-refractivity contribution in [2.45, 2.75) is 31.3 Å². The van der Waals surface area contributed by atoms with Crippen molar-refractivity contribution in [1.29, 1.82) is 0 Å². The number of hydrogen-bond acceptors (Lipinski definition) is 6. The summed E-state index contributed by atoms with van der Waals surface area (Å²) in [7, 11) is 4.59. The van der Waals surface area contributed by atoms with Gasteiger partial charge in [-0.25, -0.2) is 0 Å². The third-order valence-corrected chi connectivity index (χ3v) is 8.57. The SMILES string of the molecule is COc1cc(C(=O)N2CC3C(CNC(=O)C(O)(c4ccccc4)C4CCCC4)[C@H]3C2)cc(OC)c1OC. The molecule has 0 aromatic heterocycles. The van der Waals surface area contributed by atoms with E-state index >= 15 is 0 Å². The number of ether oxygens (including phenoxy) is 3. The van der Waals surface area contributed by atoms with Gasteiger partial charge < -0.3 is 29.5 Å². The highest BCUT2D eigenvalue weighted by Crippen LogP contribution is 2.52. The predicted molar refractivity (Wildman–Crippen MR) is 138 cm³/mol. The Morgan fingerprint density at radius 2 is 1.57 bits per heavy atom. The lowest BCUT2D eigenvalue weighted by molar-refractivity contribution is -0.147. The standard InChI is InChI=1S/C29H36N2O6/c1-35-24-13-18(14-25(36-2)26(24)37-3)27(32)31-16-22-21(23(22)17-31)15-30-28(33)29(34,20-11-7-8-12-20)19-9-5-4-6-10-19/h4-6,9-10,13-14,20-23,34H,7-8,11-12,15-17H2,1-3H3,(H,30,33)/t21?,22-,23?,29?/m1/s1. The zero-order valence-electron chi connectivity index (χ0n) is 21.7. The van der Waals surface area contributed by atoms with Gasteiger partial charge in [-0.15, -0.1) is 0 Å². The molecule has 0 bridgehead atoms. The van der Waals surface area contributed by atoms with E-state index in [2.05, 4.69) is 5.32 Å². The molecule has 5 rings (SSSR count). The topological polar surface area (TPSA) is 97.3 Å². The predicted octanol–water partition coefficient (Wildman–Crippen LogP) is 3.22. The van der Waals surface area contributed by atoms with E-state index in [1.165, 1.54) is 21.3 Å². The molecule has 3 aliphatic rings. The molecule has 198 valence electrons. The largest absolute Gasteiger partial charge is 0.493 e. The second kappa shape index (κ2) is 10.2. The molecule has 2 saturated carbocycles. The lowest BCUT2D eigenvalue weighted by Crippen LogP contribution is -2.49. The molecule has 1 heterocycles. The summed E-state index contributed by atoms with van der Waals surface area (Å²) in [5, 5.41) is 14.7. The fraction of sp³-hybridized carbons (Fsp3) is 0.517. The monoisotopic (exact) mass is 508 g/mol. The van der Waals surface area contributed by atoms with Crippen LogP contribution in [0.2, 0.25) is 0 Å². The van der Waals surface area contributed by atoms with Crippen LogP contribution in [0.5, 0.6) is 17.2 Å². The molecule has 1 saturated heterocycles. The number of piperidine rings is 1. The van der Waals surface area contributed by atoms with Crippen LogP contribution in [0.25, 0.3) is 0 Å². The summed E-state index contributed by atoms with van der Waals surface area (Å²) in [5.74, 6) is 1.91. The highest BCUT2D eigenvalue weighted by Gasteiger charge is 2.57. The second-order valence-electron chi connectivity index (χ2n) is 10.4. The van der Waals surface area contributed by atoms with E-state index in [0.29, 0.717) is 65.8 Å². The number of amides is 2. The molecule has 2 aromatic rings. The molecule has 8 nitrogen and oxygen atoms in total. The maximum Gasteiger partial charge on any atom is 0.256 e. The number of carbonyl (C=O) groups excluding carboxylic acids is 2. The zero-order chi connectivity index (χ0) is 26.2. The smallest absolute Gasteiger partial charge is 0.256 e. The van der Waals surface area contributed by atoms with Gasteiger partial charge in [0.05, 0.1) is 21.3 Å². The summed E-state index contributed by atoms with van der Waals surface area (Å²) >= 11 is 0. The lowest BCUT2D eigenvalue weighted by atomic mass is 9.79. The van der Waals surface area contributed by atoms with Crippen molar-refractivity contribution in [2.24, 2.45) is 23.7 Å². The second-order valence-corrected chi connectivity index (χ2v) is 10.4. The Morgan fingerprint density at radius 1 is 0.973 bits per heavy atom. The number of nitrogens with zero attached hydrogens (tertiary/aromatic N) is 1. The van der Waals surface area contributed by atoms with Crippen LogP contribution in [0.15, 0.2) is 42.5 Å². The Labute approximate surface area is 217 Å². The third-order valence-electron chi connectivity index (χ3n) is 8.57. The Kier molecular flexibility index (Phi) is 7.03. The molecule has 0 radical (unpaired) electrons. The first-order valence-electron chi connectivity index (χ1n) is 13.1. The summed E-state index contributed by atoms with van der Waals surface area (Å²) in [6, 6.07) is 12.7. The van der Waals surface area contributed by atoms with E-state index < -0.39 is 5.60 Å². The number of rotatable bonds is 9. The zero-order valence-corrected chi connectivity index (χ0v) is 21.7. The van der Waals surface area contributed by atoms with E-state index in [1.807, 2.05) is 35.2 Å². The summed E-state index contributed by atoms with van der Waals surface area (Å²) in [4.78, 5) is 28.5. The number of hydrogen-bond donors (Lipinski definition) is 2. The first kappa shape index (κ1) is 25.4. The number of aliphatic hydroxyl groups is 1. The average Bonchev–Trinajstić information content (AvgIpc) is 3.33. The number of benzene rings is 2. The molecule has 37 heavy (non-hydrogen) atoms. The van der Waals surface area contributed by atoms with E-state index in [0.717, 1.165) is 25.7 Å². The van der Waals surface area contributed by atoms with Gasteiger partial charge in [0.2, 0.25) is 5.75 Å². The molecular formula is C29H36N2O6. The normalized spacial score (nSPS) is 24.2. The van der Waals surface area contributed by atoms with Gasteiger partial charge in [-0.05, 0) is 48.3 Å². The summed E-state index contributed by atoms with van der Waals surface area (Å²) in [6.45, 7) is 1.81. The quantitative estimate of drug-likeness (QED) is 0.540. The maximum atomic E-state index is 13.4. The van der Waals surface area contributed by atoms with Crippen LogP contribution in [0, 0.1) is 23.7 Å². The van der Waals surface area contributed by atoms with Gasteiger partial charge in [-0.3, -0.25) is 9.59 Å². The Morgan fingerprint density at radius 3 is 2.11 bits per heavy atom. The van der Waals surface area contributed by atoms with Gasteiger partial charge in [0.1, 0.15) is 0 Å². The number of methoxy groups -OCH3 is 3. The molecule has 0 spiro atoms. The van der Waals surface area contributed by atoms with Crippen LogP contribution >= 0.6 is 0 Å². The van der Waals surface area contributed by atoms with Crippen molar-refractivity contribution in [3.8, 4) is 17.2 Å². The van der Waals surface area contributed by atoms with Gasteiger partial charge >= 0.3 is 0 Å². The average molecular weight is 509 g/mol. The molecule has 8 heteroatoms. The van der Waals surface area contributed by atoms with Crippen molar-refractivity contribution >= 4 is 11.8 Å². The van der Waals surface area contributed by atoms with Gasteiger partial charge in [-0.2, -0.15) is 0 Å². The van der Waals surface area contributed by atoms with Gasteiger partial charge in [0.15, 0.2) is 17.1 Å². The minimum Gasteiger partial charge on any atom is -0.493 e. The van der Waals surface area contributed by atoms with Crippen LogP contribution < -0.4 is 19.5 Å². The van der Waals surface area contributed by atoms with E-state index in [-0.39, 0.29) is 17.7 Å². The molecule has 3 fully saturated rings. The molecule has 1 aliphatic heterocycles. The van der Waals surface area contributed by atoms with Crippen molar-refractivity contribution in [3.63, 3.8) is 0 Å². The van der Waals surface area contributed by atoms with Crippen molar-refractivity contribution < 1.29 is 28.9 Å². The highest BCUT2D eigenvalue weighted by atomic mass is 16.5. The first-order valence-corrected chi connectivity index (χ1v) is 13.1. The minimum atomic E-state index is -1.50. The molecule has 3 unspecified atom stereocenters. The third kappa shape index (κ3) is 4.52. The number of likely N-dealkylation sites (tertiary alicyclic amines) is 1. The lowest BCUT2D eigenvalue weighted by Gasteiger charge is -2.33. The Hall–Kier alpha value is -3.26. The van der Waals surface area contributed by atoms with Crippen molar-refractivity contribution in [2.75, 3.05) is 41.0 Å². The number of nitrogens with one attached hydrogen (secondary N) is 1. The van der Waals surface area contributed by atoms with Crippen LogP contribution in [0.1, 0.15) is 41.6 Å². The molecule has 2 amide bonds. The first-order chi connectivity index (χ1) is 17.9. The molecule has 2 N–H and O–H groups in total. The molecule has 4 atom stereocenters. The fourth-order valence-corrected chi connectivity index (χ4v) is 6.44. The van der Waals surface area contributed by atoms with Crippen molar-refractivity contribution in [3.05, 3.63) is 53.6 Å². The molecule has 2 aromatic carbocycles. The maximum absolute atomic E-state index is 13.4. The van der Waals surface area contributed by atoms with Crippen LogP contribution in [0.4, 0.5) is 0 Å². The van der Waals surface area contributed by atoms with E-state index in [9.17, 15) is 14.7 Å². The van der Waals surface area contributed by atoms with Crippen LogP contribution in [-0.2, 0) is 10.4 Å². The van der Waals surface area contributed by atoms with Crippen LogP contribution in [-0.4, -0.2) is 62.8 Å². The summed E-state index contributed by atoms with van der Waals surface area (Å²) < 4.78 is 16.1. The molecular weight excluding hydrogens is 472 g/mol. The van der Waals surface area contributed by atoms with Gasteiger partial charge in [0.25, 0.3) is 11.8 Å². The highest BCUT2D eigenvalue weighted by molar-refractivity contribution is 5.96.